The van der Waals surface area contributed by atoms with Gasteiger partial charge in [-0.1, -0.05) is 88.3 Å². The van der Waals surface area contributed by atoms with Crippen molar-refractivity contribution in [2.24, 2.45) is 0 Å². The first-order valence-corrected chi connectivity index (χ1v) is 17.8. The summed E-state index contributed by atoms with van der Waals surface area (Å²) in [5.74, 6) is 0. The molecule has 123 valence electrons. The summed E-state index contributed by atoms with van der Waals surface area (Å²) >= 11 is 0. The van der Waals surface area contributed by atoms with E-state index in [9.17, 15) is 0 Å². The van der Waals surface area contributed by atoms with Crippen LogP contribution in [0.4, 0.5) is 0 Å². The van der Waals surface area contributed by atoms with E-state index in [1.807, 2.05) is 6.08 Å². The van der Waals surface area contributed by atoms with E-state index in [0.29, 0.717) is 0 Å². The van der Waals surface area contributed by atoms with Gasteiger partial charge < -0.3 is 4.98 Å². The lowest BCUT2D eigenvalue weighted by atomic mass is 10.1. The van der Waals surface area contributed by atoms with E-state index in [4.69, 9.17) is 0 Å². The highest BCUT2D eigenvalue weighted by atomic mass is 28.3. The van der Waals surface area contributed by atoms with Crippen LogP contribution < -0.4 is 4.98 Å². The molecule has 1 aromatic carbocycles. The summed E-state index contributed by atoms with van der Waals surface area (Å²) < 4.78 is 0. The van der Waals surface area contributed by atoms with Crippen LogP contribution in [0.25, 0.3) is 6.08 Å². The molecular weight excluding hydrogens is 314 g/mol. The Labute approximate surface area is 141 Å². The minimum Gasteiger partial charge on any atom is -0.337 e. The third kappa shape index (κ3) is 6.77. The van der Waals surface area contributed by atoms with Gasteiger partial charge in [-0.05, 0) is 23.3 Å². The van der Waals surface area contributed by atoms with Crippen LogP contribution in [0, 0.1) is 0 Å². The van der Waals surface area contributed by atoms with Crippen LogP contribution in [0.2, 0.25) is 51.9 Å². The Bertz CT molecular complexity index is 489. The number of rotatable bonds is 8. The van der Waals surface area contributed by atoms with Crippen LogP contribution in [-0.2, 0) is 6.04 Å². The van der Waals surface area contributed by atoms with Gasteiger partial charge in [0.1, 0.15) is 8.24 Å². The number of hydrogen-bond donors (Lipinski definition) is 1. The molecule has 1 N–H and O–H groups in total. The van der Waals surface area contributed by atoms with Gasteiger partial charge in [0.2, 0.25) is 0 Å². The quantitative estimate of drug-likeness (QED) is 0.636. The third-order valence-corrected chi connectivity index (χ3v) is 10.7. The lowest BCUT2D eigenvalue weighted by molar-refractivity contribution is 0.825. The van der Waals surface area contributed by atoms with Gasteiger partial charge >= 0.3 is 0 Å². The third-order valence-electron chi connectivity index (χ3n) is 4.01. The molecule has 0 amide bonds. The second kappa shape index (κ2) is 7.90. The average Bonchev–Trinajstić information content (AvgIpc) is 2.35. The molecule has 0 heterocycles. The summed E-state index contributed by atoms with van der Waals surface area (Å²) in [6.07, 6.45) is 1.95. The van der Waals surface area contributed by atoms with Crippen molar-refractivity contribution in [2.75, 3.05) is 0 Å². The highest BCUT2D eigenvalue weighted by molar-refractivity contribution is 6.82. The highest BCUT2D eigenvalue weighted by Gasteiger charge is 2.35. The molecule has 1 aromatic rings. The predicted octanol–water partition coefficient (Wildman–Crippen LogP) is 5.21. The van der Waals surface area contributed by atoms with Gasteiger partial charge in [0.05, 0.1) is 8.07 Å². The number of hydrogen-bond acceptors (Lipinski definition) is 1. The Morgan fingerprint density at radius 3 is 2.32 bits per heavy atom. The normalized spacial score (nSPS) is 14.2. The maximum absolute atomic E-state index is 4.08. The summed E-state index contributed by atoms with van der Waals surface area (Å²) in [5.41, 5.74) is 3.47. The van der Waals surface area contributed by atoms with Crippen molar-refractivity contribution in [3.63, 3.8) is 0 Å². The van der Waals surface area contributed by atoms with Crippen LogP contribution in [0.3, 0.4) is 0 Å². The second-order valence-corrected chi connectivity index (χ2v) is 21.1. The summed E-state index contributed by atoms with van der Waals surface area (Å²) in [6.45, 7) is 21.2. The van der Waals surface area contributed by atoms with Crippen molar-refractivity contribution in [1.29, 1.82) is 0 Å². The molecule has 0 saturated carbocycles. The van der Waals surface area contributed by atoms with E-state index < -0.39 is 16.3 Å². The fourth-order valence-electron chi connectivity index (χ4n) is 2.93. The van der Waals surface area contributed by atoms with E-state index in [1.165, 1.54) is 23.2 Å². The molecule has 1 unspecified atom stereocenters. The molecule has 0 aliphatic heterocycles. The Balaban J connectivity index is 2.96. The SMILES string of the molecule is C=Cc1cccc(C[Si](C)(C)C(C[Si](C)C)N[Si](C)(C)C)c1. The highest BCUT2D eigenvalue weighted by Crippen LogP contribution is 2.22. The Morgan fingerprint density at radius 2 is 1.82 bits per heavy atom. The molecule has 0 aromatic heterocycles. The molecule has 1 atom stereocenters. The smallest absolute Gasteiger partial charge is 0.116 e. The fourth-order valence-corrected chi connectivity index (χ4v) is 13.0. The van der Waals surface area contributed by atoms with Gasteiger partial charge in [0.15, 0.2) is 0 Å². The molecule has 0 aliphatic rings. The molecule has 0 spiro atoms. The van der Waals surface area contributed by atoms with Crippen molar-refractivity contribution < 1.29 is 0 Å². The zero-order valence-corrected chi connectivity index (χ0v) is 18.6. The first-order valence-electron chi connectivity index (χ1n) is 8.31. The van der Waals surface area contributed by atoms with Gasteiger partial charge in [-0.3, -0.25) is 0 Å². The van der Waals surface area contributed by atoms with E-state index in [0.717, 1.165) is 5.67 Å². The van der Waals surface area contributed by atoms with E-state index in [1.54, 1.807) is 0 Å². The predicted molar refractivity (Wildman–Crippen MR) is 110 cm³/mol. The molecule has 0 saturated heterocycles. The van der Waals surface area contributed by atoms with Crippen LogP contribution in [0.5, 0.6) is 0 Å². The lowest BCUT2D eigenvalue weighted by Crippen LogP contribution is -2.60. The molecule has 1 rings (SSSR count). The van der Waals surface area contributed by atoms with Gasteiger partial charge in [0.25, 0.3) is 0 Å². The topological polar surface area (TPSA) is 12.0 Å². The molecule has 1 nitrogen and oxygen atoms in total. The Kier molecular flexibility index (Phi) is 7.05. The monoisotopic (exact) mass is 348 g/mol. The first kappa shape index (κ1) is 19.6. The zero-order chi connectivity index (χ0) is 17.0. The molecule has 0 aliphatic carbocycles. The number of nitrogens with one attached hydrogen (secondary N) is 1. The Hall–Kier alpha value is -0.429. The molecule has 22 heavy (non-hydrogen) atoms. The van der Waals surface area contributed by atoms with Gasteiger partial charge in [0, 0.05) is 8.80 Å². The molecule has 1 radical (unpaired) electrons. The van der Waals surface area contributed by atoms with Crippen LogP contribution in [0.15, 0.2) is 30.8 Å². The molecule has 0 fully saturated rings. The molecule has 0 bridgehead atoms. The largest absolute Gasteiger partial charge is 0.337 e. The average molecular weight is 349 g/mol. The van der Waals surface area contributed by atoms with Crippen molar-refractivity contribution in [3.05, 3.63) is 42.0 Å². The minimum atomic E-state index is -1.37. The summed E-state index contributed by atoms with van der Waals surface area (Å²) in [4.78, 5) is 4.08. The van der Waals surface area contributed by atoms with Gasteiger partial charge in [-0.2, -0.15) is 0 Å². The summed E-state index contributed by atoms with van der Waals surface area (Å²) in [5, 5.41) is 0. The summed E-state index contributed by atoms with van der Waals surface area (Å²) in [7, 11) is -2.83. The zero-order valence-electron chi connectivity index (χ0n) is 15.6. The first-order chi connectivity index (χ1) is 10.0. The standard InChI is InChI=1S/C18H34NSi3/c1-9-16-11-10-12-17(13-16)15-22(7,8)18(14-20(2)3)19-21(4,5)6/h9-13,18-19H,1,14-15H2,2-8H3. The van der Waals surface area contributed by atoms with Crippen molar-refractivity contribution >= 4 is 31.2 Å². The van der Waals surface area contributed by atoms with Crippen LogP contribution in [0.1, 0.15) is 11.1 Å². The maximum Gasteiger partial charge on any atom is 0.116 e. The Morgan fingerprint density at radius 1 is 1.18 bits per heavy atom. The second-order valence-electron chi connectivity index (χ2n) is 8.47. The van der Waals surface area contributed by atoms with Crippen molar-refractivity contribution in [2.45, 2.75) is 63.6 Å². The number of benzene rings is 1. The molecule has 4 heteroatoms. The van der Waals surface area contributed by atoms with E-state index in [-0.39, 0.29) is 8.80 Å². The van der Waals surface area contributed by atoms with Crippen LogP contribution >= 0.6 is 0 Å². The summed E-state index contributed by atoms with van der Waals surface area (Å²) in [6, 6.07) is 11.6. The van der Waals surface area contributed by atoms with E-state index in [2.05, 4.69) is 81.7 Å². The van der Waals surface area contributed by atoms with Crippen molar-refractivity contribution in [1.82, 2.24) is 4.98 Å². The maximum atomic E-state index is 4.08. The van der Waals surface area contributed by atoms with Gasteiger partial charge in [-0.15, -0.1) is 0 Å². The lowest BCUT2D eigenvalue weighted by Gasteiger charge is -2.39. The minimum absolute atomic E-state index is 0.213. The van der Waals surface area contributed by atoms with Crippen LogP contribution in [-0.4, -0.2) is 30.8 Å². The fraction of sp³-hybridized carbons (Fsp3) is 0.556. The van der Waals surface area contributed by atoms with Gasteiger partial charge in [-0.25, -0.2) is 0 Å². The van der Waals surface area contributed by atoms with Crippen molar-refractivity contribution in [3.8, 4) is 0 Å². The molecular formula is C18H34NSi3. The van der Waals surface area contributed by atoms with E-state index >= 15 is 0 Å².